The second-order valence-electron chi connectivity index (χ2n) is 8.17. The molecule has 0 spiro atoms. The number of rotatable bonds is 8. The van der Waals surface area contributed by atoms with Crippen LogP contribution in [0.4, 0.5) is 28.4 Å². The second-order valence-corrected chi connectivity index (χ2v) is 8.58. The van der Waals surface area contributed by atoms with Gasteiger partial charge in [0.05, 0.1) is 43.4 Å². The van der Waals surface area contributed by atoms with Crippen molar-refractivity contribution in [2.45, 2.75) is 0 Å². The Morgan fingerprint density at radius 3 is 2.02 bits per heavy atom. The molecule has 0 aliphatic carbocycles. The van der Waals surface area contributed by atoms with Crippen molar-refractivity contribution in [1.82, 2.24) is 0 Å². The van der Waals surface area contributed by atoms with E-state index in [1.807, 2.05) is 0 Å². The summed E-state index contributed by atoms with van der Waals surface area (Å²) in [6.07, 6.45) is 0. The van der Waals surface area contributed by atoms with Crippen LogP contribution in [-0.2, 0) is 4.74 Å². The molecule has 200 valence electrons. The summed E-state index contributed by atoms with van der Waals surface area (Å²) in [6, 6.07) is 18.6. The number of para-hydroxylation sites is 1. The number of hydrogen-bond donors (Lipinski definition) is 2. The number of esters is 2. The molecule has 0 fully saturated rings. The smallest absolute Gasteiger partial charge is 0.348 e. The lowest BCUT2D eigenvalue weighted by molar-refractivity contribution is -0.393. The third kappa shape index (κ3) is 5.76. The SMILES string of the molecule is Nc1cc(C(=O)c2ccccc2C(=O)OC(=O)c2ccccc2Nc2ccc([N+](=O)[O-])cc2[N+](=O)[O-])ccc1Cl. The van der Waals surface area contributed by atoms with Gasteiger partial charge in [-0.2, -0.15) is 0 Å². The van der Waals surface area contributed by atoms with E-state index in [1.165, 1.54) is 66.7 Å². The Balaban J connectivity index is 1.61. The third-order valence-electron chi connectivity index (χ3n) is 5.64. The molecule has 0 bridgehead atoms. The summed E-state index contributed by atoms with van der Waals surface area (Å²) >= 11 is 5.92. The first kappa shape index (κ1) is 27.4. The van der Waals surface area contributed by atoms with E-state index in [0.29, 0.717) is 0 Å². The van der Waals surface area contributed by atoms with Crippen molar-refractivity contribution in [1.29, 1.82) is 0 Å². The zero-order valence-electron chi connectivity index (χ0n) is 20.2. The Kier molecular flexibility index (Phi) is 7.82. The van der Waals surface area contributed by atoms with Gasteiger partial charge >= 0.3 is 11.9 Å². The zero-order chi connectivity index (χ0) is 29.0. The van der Waals surface area contributed by atoms with Gasteiger partial charge in [-0.3, -0.25) is 25.0 Å². The van der Waals surface area contributed by atoms with Crippen molar-refractivity contribution in [2.24, 2.45) is 0 Å². The van der Waals surface area contributed by atoms with Gasteiger partial charge in [0.25, 0.3) is 11.4 Å². The van der Waals surface area contributed by atoms with E-state index in [9.17, 15) is 34.6 Å². The highest BCUT2D eigenvalue weighted by Gasteiger charge is 2.25. The predicted molar refractivity (Wildman–Crippen MR) is 145 cm³/mol. The third-order valence-corrected chi connectivity index (χ3v) is 5.98. The summed E-state index contributed by atoms with van der Waals surface area (Å²) < 4.78 is 5.06. The van der Waals surface area contributed by atoms with Gasteiger partial charge in [0.1, 0.15) is 5.69 Å². The summed E-state index contributed by atoms with van der Waals surface area (Å²) in [7, 11) is 0. The first-order valence-electron chi connectivity index (χ1n) is 11.3. The van der Waals surface area contributed by atoms with Crippen LogP contribution in [-0.4, -0.2) is 27.6 Å². The summed E-state index contributed by atoms with van der Waals surface area (Å²) in [4.78, 5) is 60.0. The molecule has 0 aliphatic rings. The Labute approximate surface area is 230 Å². The van der Waals surface area contributed by atoms with Crippen molar-refractivity contribution in [3.63, 3.8) is 0 Å². The number of nitrogens with one attached hydrogen (secondary N) is 1. The maximum Gasteiger partial charge on any atom is 0.348 e. The summed E-state index contributed by atoms with van der Waals surface area (Å²) in [5.41, 5.74) is 4.49. The number of nitrogens with two attached hydrogens (primary N) is 1. The van der Waals surface area contributed by atoms with Crippen molar-refractivity contribution in [3.8, 4) is 0 Å². The molecule has 4 aromatic carbocycles. The first-order valence-corrected chi connectivity index (χ1v) is 11.7. The molecule has 0 radical (unpaired) electrons. The summed E-state index contributed by atoms with van der Waals surface area (Å²) in [6.45, 7) is 0. The summed E-state index contributed by atoms with van der Waals surface area (Å²) in [5, 5.41) is 25.5. The highest BCUT2D eigenvalue weighted by atomic mass is 35.5. The molecular formula is C27H17ClN4O8. The van der Waals surface area contributed by atoms with Gasteiger partial charge < -0.3 is 15.8 Å². The van der Waals surface area contributed by atoms with Crippen LogP contribution in [0, 0.1) is 20.2 Å². The monoisotopic (exact) mass is 560 g/mol. The number of anilines is 3. The second kappa shape index (κ2) is 11.4. The molecule has 0 amide bonds. The molecule has 12 nitrogen and oxygen atoms in total. The van der Waals surface area contributed by atoms with Gasteiger partial charge in [-0.05, 0) is 42.5 Å². The Morgan fingerprint density at radius 2 is 1.38 bits per heavy atom. The lowest BCUT2D eigenvalue weighted by Gasteiger charge is -2.12. The number of carbonyl (C=O) groups excluding carboxylic acids is 3. The van der Waals surface area contributed by atoms with Crippen LogP contribution in [0.25, 0.3) is 0 Å². The fraction of sp³-hybridized carbons (Fsp3) is 0. The van der Waals surface area contributed by atoms with E-state index >= 15 is 0 Å². The predicted octanol–water partition coefficient (Wildman–Crippen LogP) is 5.71. The van der Waals surface area contributed by atoms with E-state index in [4.69, 9.17) is 22.1 Å². The largest absolute Gasteiger partial charge is 0.398 e. The number of benzene rings is 4. The van der Waals surface area contributed by atoms with E-state index in [0.717, 1.165) is 18.2 Å². The number of hydrogen-bond acceptors (Lipinski definition) is 10. The molecule has 0 saturated carbocycles. The molecule has 0 unspecified atom stereocenters. The molecule has 3 N–H and O–H groups in total. The first-order chi connectivity index (χ1) is 19.1. The lowest BCUT2D eigenvalue weighted by atomic mass is 9.98. The quantitative estimate of drug-likeness (QED) is 0.0675. The number of nitro groups is 2. The van der Waals surface area contributed by atoms with Crippen LogP contribution in [0.2, 0.25) is 5.02 Å². The van der Waals surface area contributed by atoms with Crippen LogP contribution >= 0.6 is 11.6 Å². The average Bonchev–Trinajstić information content (AvgIpc) is 2.94. The van der Waals surface area contributed by atoms with Crippen LogP contribution in [0.15, 0.2) is 84.9 Å². The average molecular weight is 561 g/mol. The van der Waals surface area contributed by atoms with Crippen LogP contribution in [0.5, 0.6) is 0 Å². The van der Waals surface area contributed by atoms with Crippen molar-refractivity contribution in [2.75, 3.05) is 11.1 Å². The molecule has 4 rings (SSSR count). The number of nitrogen functional groups attached to an aromatic ring is 1. The molecule has 0 heterocycles. The van der Waals surface area contributed by atoms with E-state index in [2.05, 4.69) is 5.32 Å². The van der Waals surface area contributed by atoms with Crippen molar-refractivity contribution in [3.05, 3.63) is 132 Å². The number of nitro benzene ring substituents is 2. The number of carbonyl (C=O) groups is 3. The minimum absolute atomic E-state index is 0.0262. The number of nitrogens with zero attached hydrogens (tertiary/aromatic N) is 2. The Hall–Kier alpha value is -5.62. The van der Waals surface area contributed by atoms with Crippen LogP contribution < -0.4 is 11.1 Å². The number of halogens is 1. The van der Waals surface area contributed by atoms with Gasteiger partial charge in [0.15, 0.2) is 5.78 Å². The van der Waals surface area contributed by atoms with Crippen molar-refractivity contribution >= 4 is 57.8 Å². The molecule has 0 aliphatic heterocycles. The lowest BCUT2D eigenvalue weighted by Crippen LogP contribution is -2.17. The maximum absolute atomic E-state index is 13.1. The normalized spacial score (nSPS) is 10.4. The molecule has 0 atom stereocenters. The van der Waals surface area contributed by atoms with Gasteiger partial charge in [-0.15, -0.1) is 0 Å². The minimum Gasteiger partial charge on any atom is -0.398 e. The van der Waals surface area contributed by atoms with E-state index < -0.39 is 38.9 Å². The van der Waals surface area contributed by atoms with Crippen LogP contribution in [0.3, 0.4) is 0 Å². The molecule has 40 heavy (non-hydrogen) atoms. The topological polar surface area (TPSA) is 185 Å². The highest BCUT2D eigenvalue weighted by Crippen LogP contribution is 2.32. The van der Waals surface area contributed by atoms with Gasteiger partial charge in [0.2, 0.25) is 0 Å². The number of ketones is 1. The molecular weight excluding hydrogens is 544 g/mol. The van der Waals surface area contributed by atoms with Crippen LogP contribution in [0.1, 0.15) is 36.6 Å². The van der Waals surface area contributed by atoms with Gasteiger partial charge in [0, 0.05) is 17.2 Å². The molecule has 0 aromatic heterocycles. The number of non-ortho nitro benzene ring substituents is 1. The Morgan fingerprint density at radius 1 is 0.750 bits per heavy atom. The van der Waals surface area contributed by atoms with E-state index in [1.54, 1.807) is 0 Å². The number of ether oxygens (including phenoxy) is 1. The molecule has 4 aromatic rings. The fourth-order valence-corrected chi connectivity index (χ4v) is 3.82. The van der Waals surface area contributed by atoms with Crippen molar-refractivity contribution < 1.29 is 29.0 Å². The standard InChI is InChI=1S/C27H17ClN4O8/c28-20-11-9-15(13-21(20)29)25(33)17-5-1-2-6-18(17)26(34)40-27(35)19-7-3-4-8-22(19)30-23-12-10-16(31(36)37)14-24(23)32(38)39/h1-14,30H,29H2. The zero-order valence-corrected chi connectivity index (χ0v) is 21.0. The minimum atomic E-state index is -1.12. The molecule has 0 saturated heterocycles. The molecule has 13 heteroatoms. The summed E-state index contributed by atoms with van der Waals surface area (Å²) in [5.74, 6) is -2.79. The fourth-order valence-electron chi connectivity index (χ4n) is 3.70. The maximum atomic E-state index is 13.1. The Bertz CT molecular complexity index is 1710. The highest BCUT2D eigenvalue weighted by molar-refractivity contribution is 6.33. The van der Waals surface area contributed by atoms with Gasteiger partial charge in [-0.1, -0.05) is 41.9 Å². The van der Waals surface area contributed by atoms with Gasteiger partial charge in [-0.25, -0.2) is 9.59 Å². The van der Waals surface area contributed by atoms with E-state index in [-0.39, 0.29) is 44.3 Å².